The zero-order valence-electron chi connectivity index (χ0n) is 14.5. The molecule has 0 radical (unpaired) electrons. The van der Waals surface area contributed by atoms with Crippen molar-refractivity contribution in [3.8, 4) is 22.5 Å². The number of aromatic nitrogens is 2. The highest BCUT2D eigenvalue weighted by atomic mass is 15.0. The van der Waals surface area contributed by atoms with Gasteiger partial charge in [-0.25, -0.2) is 9.97 Å². The minimum atomic E-state index is 0.261. The fourth-order valence-corrected chi connectivity index (χ4v) is 3.09. The molecule has 0 saturated heterocycles. The molecule has 3 aromatic rings. The van der Waals surface area contributed by atoms with Gasteiger partial charge in [-0.05, 0) is 52.0 Å². The number of hydrogen-bond acceptors (Lipinski definition) is 4. The lowest BCUT2D eigenvalue weighted by molar-refractivity contribution is 1.22. The van der Waals surface area contributed by atoms with Crippen molar-refractivity contribution in [2.45, 2.75) is 27.7 Å². The zero-order valence-corrected chi connectivity index (χ0v) is 14.5. The van der Waals surface area contributed by atoms with E-state index in [0.717, 1.165) is 22.5 Å². The van der Waals surface area contributed by atoms with E-state index in [1.165, 1.54) is 22.3 Å². The summed E-state index contributed by atoms with van der Waals surface area (Å²) in [5, 5.41) is 0. The summed E-state index contributed by atoms with van der Waals surface area (Å²) in [6.45, 7) is 8.28. The van der Waals surface area contributed by atoms with E-state index in [0.29, 0.717) is 0 Å². The molecule has 0 aliphatic rings. The van der Waals surface area contributed by atoms with Gasteiger partial charge in [-0.2, -0.15) is 0 Å². The highest BCUT2D eigenvalue weighted by Gasteiger charge is 2.15. The van der Waals surface area contributed by atoms with E-state index in [1.54, 1.807) is 0 Å². The van der Waals surface area contributed by atoms with Crippen molar-refractivity contribution in [1.29, 1.82) is 0 Å². The molecular weight excluding hydrogens is 296 g/mol. The number of rotatable bonds is 2. The maximum absolute atomic E-state index is 5.94. The van der Waals surface area contributed by atoms with Crippen molar-refractivity contribution >= 4 is 11.6 Å². The normalized spacial score (nSPS) is 10.8. The standard InChI is InChI=1S/C20H22N4/c1-11-5-12(2)8-15(7-11)17-18(24-20(22)19(21)23-17)16-9-13(3)6-14(4)10-16/h5-10H,1-4H3,(H2,21,23)(H2,22,24). The van der Waals surface area contributed by atoms with Gasteiger partial charge in [0.2, 0.25) is 0 Å². The van der Waals surface area contributed by atoms with Crippen molar-refractivity contribution in [2.24, 2.45) is 0 Å². The Balaban J connectivity index is 2.31. The molecule has 1 aromatic heterocycles. The summed E-state index contributed by atoms with van der Waals surface area (Å²) >= 11 is 0. The number of nitrogens with two attached hydrogens (primary N) is 2. The second kappa shape index (κ2) is 5.96. The Morgan fingerprint density at radius 3 is 1.12 bits per heavy atom. The van der Waals surface area contributed by atoms with Crippen LogP contribution in [0.5, 0.6) is 0 Å². The van der Waals surface area contributed by atoms with E-state index in [2.05, 4.69) is 74.1 Å². The molecule has 0 fully saturated rings. The van der Waals surface area contributed by atoms with Gasteiger partial charge in [0.05, 0.1) is 11.4 Å². The van der Waals surface area contributed by atoms with Crippen LogP contribution in [0.15, 0.2) is 36.4 Å². The van der Waals surface area contributed by atoms with Crippen LogP contribution in [0.3, 0.4) is 0 Å². The quantitative estimate of drug-likeness (QED) is 0.742. The van der Waals surface area contributed by atoms with Gasteiger partial charge in [0.1, 0.15) is 0 Å². The molecule has 1 heterocycles. The first-order valence-corrected chi connectivity index (χ1v) is 7.94. The summed E-state index contributed by atoms with van der Waals surface area (Å²) in [5.74, 6) is 0.523. The van der Waals surface area contributed by atoms with Crippen LogP contribution in [0.1, 0.15) is 22.3 Å². The Labute approximate surface area is 142 Å². The Hall–Kier alpha value is -2.88. The smallest absolute Gasteiger partial charge is 0.166 e. The van der Waals surface area contributed by atoms with Crippen molar-refractivity contribution < 1.29 is 0 Å². The first-order valence-electron chi connectivity index (χ1n) is 7.94. The minimum absolute atomic E-state index is 0.261. The van der Waals surface area contributed by atoms with E-state index < -0.39 is 0 Å². The maximum atomic E-state index is 5.94. The molecule has 4 heteroatoms. The fourth-order valence-electron chi connectivity index (χ4n) is 3.09. The van der Waals surface area contributed by atoms with E-state index in [1.807, 2.05) is 0 Å². The molecule has 0 aliphatic carbocycles. The molecule has 0 aliphatic heterocycles. The predicted octanol–water partition coefficient (Wildman–Crippen LogP) is 4.21. The third-order valence-corrected chi connectivity index (χ3v) is 3.94. The molecule has 0 saturated carbocycles. The third kappa shape index (κ3) is 3.08. The van der Waals surface area contributed by atoms with E-state index in [4.69, 9.17) is 11.5 Å². The first kappa shape index (κ1) is 16.0. The van der Waals surface area contributed by atoms with Gasteiger partial charge < -0.3 is 11.5 Å². The molecule has 3 rings (SSSR count). The highest BCUT2D eigenvalue weighted by Crippen LogP contribution is 2.33. The number of hydrogen-bond donors (Lipinski definition) is 2. The largest absolute Gasteiger partial charge is 0.381 e. The average Bonchev–Trinajstić information content (AvgIpc) is 2.47. The summed E-state index contributed by atoms with van der Waals surface area (Å²) in [6, 6.07) is 12.7. The topological polar surface area (TPSA) is 77.8 Å². The van der Waals surface area contributed by atoms with Crippen LogP contribution in [0, 0.1) is 27.7 Å². The van der Waals surface area contributed by atoms with Crippen LogP contribution in [0.4, 0.5) is 11.6 Å². The summed E-state index contributed by atoms with van der Waals surface area (Å²) in [6.07, 6.45) is 0. The molecular formula is C20H22N4. The lowest BCUT2D eigenvalue weighted by Crippen LogP contribution is -2.05. The van der Waals surface area contributed by atoms with Gasteiger partial charge in [0, 0.05) is 11.1 Å². The molecule has 0 bridgehead atoms. The van der Waals surface area contributed by atoms with Crippen LogP contribution >= 0.6 is 0 Å². The van der Waals surface area contributed by atoms with Crippen molar-refractivity contribution in [1.82, 2.24) is 9.97 Å². The van der Waals surface area contributed by atoms with Crippen LogP contribution in [-0.2, 0) is 0 Å². The van der Waals surface area contributed by atoms with Crippen LogP contribution in [0.25, 0.3) is 22.5 Å². The molecule has 24 heavy (non-hydrogen) atoms. The van der Waals surface area contributed by atoms with Crippen molar-refractivity contribution in [3.63, 3.8) is 0 Å². The zero-order chi connectivity index (χ0) is 17.4. The molecule has 2 aromatic carbocycles. The van der Waals surface area contributed by atoms with E-state index in [9.17, 15) is 0 Å². The number of benzene rings is 2. The summed E-state index contributed by atoms with van der Waals surface area (Å²) in [7, 11) is 0. The van der Waals surface area contributed by atoms with Crippen molar-refractivity contribution in [2.75, 3.05) is 11.5 Å². The molecule has 0 spiro atoms. The number of nitrogen functional groups attached to an aromatic ring is 2. The minimum Gasteiger partial charge on any atom is -0.381 e. The molecule has 4 N–H and O–H groups in total. The van der Waals surface area contributed by atoms with Gasteiger partial charge in [-0.3, -0.25) is 0 Å². The SMILES string of the molecule is Cc1cc(C)cc(-c2nc(N)c(N)nc2-c2cc(C)cc(C)c2)c1. The maximum Gasteiger partial charge on any atom is 0.166 e. The van der Waals surface area contributed by atoms with E-state index in [-0.39, 0.29) is 11.6 Å². The van der Waals surface area contributed by atoms with Gasteiger partial charge in [-0.15, -0.1) is 0 Å². The molecule has 0 amide bonds. The Morgan fingerprint density at radius 2 is 0.833 bits per heavy atom. The summed E-state index contributed by atoms with van der Waals surface area (Å²) in [5.41, 5.74) is 20.1. The number of anilines is 2. The molecule has 0 unspecified atom stereocenters. The van der Waals surface area contributed by atoms with Gasteiger partial charge in [-0.1, -0.05) is 34.4 Å². The summed E-state index contributed by atoms with van der Waals surface area (Å²) in [4.78, 5) is 9.10. The lowest BCUT2D eigenvalue weighted by atomic mass is 9.98. The molecule has 122 valence electrons. The Bertz CT molecular complexity index is 812. The predicted molar refractivity (Wildman–Crippen MR) is 101 cm³/mol. The Kier molecular flexibility index (Phi) is 3.97. The van der Waals surface area contributed by atoms with Crippen molar-refractivity contribution in [3.05, 3.63) is 58.7 Å². The lowest BCUT2D eigenvalue weighted by Gasteiger charge is -2.13. The van der Waals surface area contributed by atoms with Crippen LogP contribution in [0.2, 0.25) is 0 Å². The first-order chi connectivity index (χ1) is 11.3. The molecule has 4 nitrogen and oxygen atoms in total. The van der Waals surface area contributed by atoms with Crippen LogP contribution in [-0.4, -0.2) is 9.97 Å². The third-order valence-electron chi connectivity index (χ3n) is 3.94. The second-order valence-corrected chi connectivity index (χ2v) is 6.44. The van der Waals surface area contributed by atoms with Gasteiger partial charge in [0.25, 0.3) is 0 Å². The number of nitrogens with zero attached hydrogens (tertiary/aromatic N) is 2. The Morgan fingerprint density at radius 1 is 0.542 bits per heavy atom. The van der Waals surface area contributed by atoms with E-state index >= 15 is 0 Å². The average molecular weight is 318 g/mol. The number of aryl methyl sites for hydroxylation is 4. The van der Waals surface area contributed by atoms with Gasteiger partial charge >= 0.3 is 0 Å². The molecule has 0 atom stereocenters. The second-order valence-electron chi connectivity index (χ2n) is 6.44. The highest BCUT2D eigenvalue weighted by molar-refractivity contribution is 5.81. The summed E-state index contributed by atoms with van der Waals surface area (Å²) < 4.78 is 0. The van der Waals surface area contributed by atoms with Crippen LogP contribution < -0.4 is 11.5 Å². The fraction of sp³-hybridized carbons (Fsp3) is 0.200. The monoisotopic (exact) mass is 318 g/mol. The van der Waals surface area contributed by atoms with Gasteiger partial charge in [0.15, 0.2) is 11.6 Å².